The molecular formula is C18H19FN2O3S. The van der Waals surface area contributed by atoms with Crippen LogP contribution in [0.15, 0.2) is 48.5 Å². The second-order valence-electron chi connectivity index (χ2n) is 5.18. The summed E-state index contributed by atoms with van der Waals surface area (Å²) in [6, 6.07) is 13.0. The fourth-order valence-corrected chi connectivity index (χ4v) is 2.65. The third-order valence-electron chi connectivity index (χ3n) is 3.22. The highest BCUT2D eigenvalue weighted by atomic mass is 32.2. The number of rotatable bonds is 8. The molecule has 0 radical (unpaired) electrons. The zero-order valence-electron chi connectivity index (χ0n) is 13.8. The zero-order valence-corrected chi connectivity index (χ0v) is 14.6. The van der Waals surface area contributed by atoms with Crippen molar-refractivity contribution in [3.63, 3.8) is 0 Å². The van der Waals surface area contributed by atoms with E-state index in [0.29, 0.717) is 12.2 Å². The summed E-state index contributed by atoms with van der Waals surface area (Å²) in [6.07, 6.45) is 0. The molecule has 0 unspecified atom stereocenters. The monoisotopic (exact) mass is 362 g/mol. The largest absolute Gasteiger partial charge is 0.497 e. The Morgan fingerprint density at radius 2 is 1.80 bits per heavy atom. The molecule has 0 saturated carbocycles. The Labute approximate surface area is 150 Å². The Morgan fingerprint density at radius 3 is 2.52 bits per heavy atom. The van der Waals surface area contributed by atoms with Gasteiger partial charge in [-0.05, 0) is 42.0 Å². The van der Waals surface area contributed by atoms with Gasteiger partial charge in [0, 0.05) is 12.2 Å². The number of nitrogens with one attached hydrogen (secondary N) is 2. The molecule has 25 heavy (non-hydrogen) atoms. The van der Waals surface area contributed by atoms with E-state index in [1.165, 1.54) is 36.0 Å². The average molecular weight is 362 g/mol. The van der Waals surface area contributed by atoms with Crippen molar-refractivity contribution in [1.29, 1.82) is 0 Å². The molecule has 0 bridgehead atoms. The van der Waals surface area contributed by atoms with Crippen LogP contribution >= 0.6 is 11.8 Å². The van der Waals surface area contributed by atoms with Crippen LogP contribution < -0.4 is 15.4 Å². The van der Waals surface area contributed by atoms with Gasteiger partial charge in [-0.3, -0.25) is 9.59 Å². The van der Waals surface area contributed by atoms with Crippen molar-refractivity contribution in [2.45, 2.75) is 6.54 Å². The molecule has 0 aliphatic carbocycles. The van der Waals surface area contributed by atoms with Gasteiger partial charge in [0.2, 0.25) is 11.8 Å². The van der Waals surface area contributed by atoms with E-state index < -0.39 is 0 Å². The molecule has 0 aromatic heterocycles. The van der Waals surface area contributed by atoms with Gasteiger partial charge in [-0.25, -0.2) is 4.39 Å². The number of amides is 2. The first-order valence-corrected chi connectivity index (χ1v) is 8.75. The molecule has 7 heteroatoms. The number of methoxy groups -OCH3 is 1. The lowest BCUT2D eigenvalue weighted by Crippen LogP contribution is -2.25. The molecule has 0 saturated heterocycles. The van der Waals surface area contributed by atoms with Crippen molar-refractivity contribution < 1.29 is 18.7 Å². The zero-order chi connectivity index (χ0) is 18.1. The van der Waals surface area contributed by atoms with E-state index in [0.717, 1.165) is 11.3 Å². The summed E-state index contributed by atoms with van der Waals surface area (Å²) in [5.41, 5.74) is 1.46. The highest BCUT2D eigenvalue weighted by Crippen LogP contribution is 2.12. The number of anilines is 1. The Hall–Kier alpha value is -2.54. The number of halogens is 1. The minimum Gasteiger partial charge on any atom is -0.497 e. The molecule has 2 aromatic carbocycles. The van der Waals surface area contributed by atoms with Gasteiger partial charge in [-0.15, -0.1) is 11.8 Å². The number of carbonyl (C=O) groups is 2. The molecule has 0 spiro atoms. The van der Waals surface area contributed by atoms with Crippen molar-refractivity contribution in [2.24, 2.45) is 0 Å². The molecule has 0 aliphatic heterocycles. The number of thioether (sulfide) groups is 1. The first-order valence-electron chi connectivity index (χ1n) is 7.59. The summed E-state index contributed by atoms with van der Waals surface area (Å²) in [5.74, 6) is 0.309. The maximum Gasteiger partial charge on any atom is 0.234 e. The molecule has 2 amide bonds. The number of benzene rings is 2. The van der Waals surface area contributed by atoms with Crippen LogP contribution in [0.2, 0.25) is 0 Å². The quantitative estimate of drug-likeness (QED) is 0.758. The van der Waals surface area contributed by atoms with Crippen molar-refractivity contribution in [3.05, 3.63) is 59.9 Å². The number of hydrogen-bond donors (Lipinski definition) is 2. The Bertz CT molecular complexity index is 723. The van der Waals surface area contributed by atoms with E-state index in [4.69, 9.17) is 4.74 Å². The van der Waals surface area contributed by atoms with Crippen LogP contribution in [0, 0.1) is 5.82 Å². The minimum absolute atomic E-state index is 0.143. The smallest absolute Gasteiger partial charge is 0.234 e. The van der Waals surface area contributed by atoms with Crippen LogP contribution in [-0.2, 0) is 16.1 Å². The van der Waals surface area contributed by atoms with E-state index in [1.54, 1.807) is 7.11 Å². The van der Waals surface area contributed by atoms with Gasteiger partial charge in [-0.2, -0.15) is 0 Å². The van der Waals surface area contributed by atoms with Crippen LogP contribution in [0.4, 0.5) is 10.1 Å². The normalized spacial score (nSPS) is 10.2. The summed E-state index contributed by atoms with van der Waals surface area (Å²) in [6.45, 7) is 0.401. The van der Waals surface area contributed by atoms with Crippen molar-refractivity contribution >= 4 is 29.3 Å². The third kappa shape index (κ3) is 6.84. The van der Waals surface area contributed by atoms with Crippen LogP contribution in [0.25, 0.3) is 0 Å². The van der Waals surface area contributed by atoms with E-state index in [-0.39, 0.29) is 29.1 Å². The van der Waals surface area contributed by atoms with Gasteiger partial charge in [0.05, 0.1) is 18.6 Å². The first-order chi connectivity index (χ1) is 12.1. The Balaban J connectivity index is 1.66. The van der Waals surface area contributed by atoms with Crippen LogP contribution in [0.3, 0.4) is 0 Å². The molecule has 0 fully saturated rings. The van der Waals surface area contributed by atoms with Crippen LogP contribution in [0.1, 0.15) is 5.56 Å². The second kappa shape index (κ2) is 9.68. The maximum absolute atomic E-state index is 12.8. The fourth-order valence-electron chi connectivity index (χ4n) is 2.00. The highest BCUT2D eigenvalue weighted by Gasteiger charge is 2.06. The van der Waals surface area contributed by atoms with E-state index in [1.807, 2.05) is 24.3 Å². The number of hydrogen-bond acceptors (Lipinski definition) is 4. The number of ether oxygens (including phenoxy) is 1. The summed E-state index contributed by atoms with van der Waals surface area (Å²) in [5, 5.41) is 5.43. The lowest BCUT2D eigenvalue weighted by molar-refractivity contribution is -0.118. The lowest BCUT2D eigenvalue weighted by atomic mass is 10.2. The molecular weight excluding hydrogens is 343 g/mol. The topological polar surface area (TPSA) is 67.4 Å². The summed E-state index contributed by atoms with van der Waals surface area (Å²) < 4.78 is 17.9. The van der Waals surface area contributed by atoms with Gasteiger partial charge >= 0.3 is 0 Å². The molecule has 0 heterocycles. The molecule has 0 aliphatic rings. The maximum atomic E-state index is 12.8. The predicted molar refractivity (Wildman–Crippen MR) is 97.2 cm³/mol. The molecule has 2 aromatic rings. The second-order valence-corrected chi connectivity index (χ2v) is 6.16. The summed E-state index contributed by atoms with van der Waals surface area (Å²) in [4.78, 5) is 23.6. The Morgan fingerprint density at radius 1 is 1.08 bits per heavy atom. The van der Waals surface area contributed by atoms with Gasteiger partial charge in [0.15, 0.2) is 0 Å². The van der Waals surface area contributed by atoms with Gasteiger partial charge in [0.25, 0.3) is 0 Å². The molecule has 2 rings (SSSR count). The standard InChI is InChI=1S/C18H19FN2O3S/c1-24-16-4-2-3-13(9-16)10-20-17(22)11-25-12-18(23)21-15-7-5-14(19)6-8-15/h2-9H,10-12H2,1H3,(H,20,22)(H,21,23). The molecule has 2 N–H and O–H groups in total. The van der Waals surface area contributed by atoms with Gasteiger partial charge < -0.3 is 15.4 Å². The molecule has 132 valence electrons. The van der Waals surface area contributed by atoms with E-state index in [9.17, 15) is 14.0 Å². The highest BCUT2D eigenvalue weighted by molar-refractivity contribution is 8.00. The first kappa shape index (κ1) is 18.8. The summed E-state index contributed by atoms with van der Waals surface area (Å²) >= 11 is 1.21. The fraction of sp³-hybridized carbons (Fsp3) is 0.222. The minimum atomic E-state index is -0.361. The third-order valence-corrected chi connectivity index (χ3v) is 4.15. The van der Waals surface area contributed by atoms with Crippen molar-refractivity contribution in [1.82, 2.24) is 5.32 Å². The molecule has 5 nitrogen and oxygen atoms in total. The van der Waals surface area contributed by atoms with E-state index in [2.05, 4.69) is 10.6 Å². The van der Waals surface area contributed by atoms with Crippen LogP contribution in [0.5, 0.6) is 5.75 Å². The number of carbonyl (C=O) groups excluding carboxylic acids is 2. The lowest BCUT2D eigenvalue weighted by Gasteiger charge is -2.07. The predicted octanol–water partition coefficient (Wildman–Crippen LogP) is 2.82. The van der Waals surface area contributed by atoms with Crippen LogP contribution in [-0.4, -0.2) is 30.4 Å². The van der Waals surface area contributed by atoms with Gasteiger partial charge in [0.1, 0.15) is 11.6 Å². The Kier molecular flexibility index (Phi) is 7.28. The average Bonchev–Trinajstić information content (AvgIpc) is 2.62. The molecule has 0 atom stereocenters. The van der Waals surface area contributed by atoms with E-state index >= 15 is 0 Å². The summed E-state index contributed by atoms with van der Waals surface area (Å²) in [7, 11) is 1.59. The SMILES string of the molecule is COc1cccc(CNC(=O)CSCC(=O)Nc2ccc(F)cc2)c1. The van der Waals surface area contributed by atoms with Crippen molar-refractivity contribution in [3.8, 4) is 5.75 Å². The van der Waals surface area contributed by atoms with Crippen molar-refractivity contribution in [2.75, 3.05) is 23.9 Å². The van der Waals surface area contributed by atoms with Gasteiger partial charge in [-0.1, -0.05) is 12.1 Å².